The average molecular weight is 228 g/mol. The summed E-state index contributed by atoms with van der Waals surface area (Å²) in [4.78, 5) is 11.5. The van der Waals surface area contributed by atoms with E-state index in [2.05, 4.69) is 0 Å². The molecule has 0 aliphatic carbocycles. The van der Waals surface area contributed by atoms with Crippen LogP contribution in [0.1, 0.15) is 23.2 Å². The summed E-state index contributed by atoms with van der Waals surface area (Å²) >= 11 is 11.6. The van der Waals surface area contributed by atoms with Gasteiger partial charge in [0.2, 0.25) is 0 Å². The molecule has 0 bridgehead atoms. The van der Waals surface area contributed by atoms with Crippen LogP contribution < -0.4 is 0 Å². The lowest BCUT2D eigenvalue weighted by molar-refractivity contribution is 0.0984. The first-order valence-corrected chi connectivity index (χ1v) is 4.76. The summed E-state index contributed by atoms with van der Waals surface area (Å²) in [5.41, 5.74) is 0.384. The Kier molecular flexibility index (Phi) is 3.94. The highest BCUT2D eigenvalue weighted by Gasteiger charge is 2.11. The van der Waals surface area contributed by atoms with Crippen molar-refractivity contribution in [1.82, 2.24) is 0 Å². The van der Waals surface area contributed by atoms with Gasteiger partial charge in [-0.25, -0.2) is 0 Å². The van der Waals surface area contributed by atoms with Gasteiger partial charge >= 0.3 is 0 Å². The molecule has 1 rings (SSSR count). The van der Waals surface area contributed by atoms with Crippen LogP contribution in [0, 0.1) is 11.3 Å². The number of hydrogen-bond acceptors (Lipinski definition) is 2. The van der Waals surface area contributed by atoms with Crippen molar-refractivity contribution in [3.8, 4) is 6.07 Å². The third-order valence-corrected chi connectivity index (χ3v) is 2.53. The van der Waals surface area contributed by atoms with Gasteiger partial charge in [-0.3, -0.25) is 4.79 Å². The monoisotopic (exact) mass is 227 g/mol. The zero-order valence-corrected chi connectivity index (χ0v) is 8.77. The molecule has 0 saturated heterocycles. The summed E-state index contributed by atoms with van der Waals surface area (Å²) in [5, 5.41) is 8.94. The van der Waals surface area contributed by atoms with Crippen LogP contribution in [0.2, 0.25) is 10.0 Å². The van der Waals surface area contributed by atoms with E-state index in [4.69, 9.17) is 28.5 Å². The molecule has 1 aromatic rings. The molecule has 0 heterocycles. The van der Waals surface area contributed by atoms with Gasteiger partial charge in [0, 0.05) is 18.4 Å². The molecule has 0 atom stereocenters. The molecule has 0 saturated carbocycles. The molecule has 1 aromatic carbocycles. The molecular formula is C10H7Cl2NO. The van der Waals surface area contributed by atoms with Crippen LogP contribution in [0.3, 0.4) is 0 Å². The third kappa shape index (κ3) is 2.47. The molecule has 0 N–H and O–H groups in total. The summed E-state index contributed by atoms with van der Waals surface area (Å²) in [6.45, 7) is 0. The average Bonchev–Trinajstić information content (AvgIpc) is 2.18. The lowest BCUT2D eigenvalue weighted by Gasteiger charge is -2.02. The number of carbonyl (C=O) groups is 1. The number of rotatable bonds is 3. The molecule has 0 radical (unpaired) electrons. The zero-order chi connectivity index (χ0) is 10.6. The van der Waals surface area contributed by atoms with Crippen molar-refractivity contribution >= 4 is 29.0 Å². The van der Waals surface area contributed by atoms with Crippen molar-refractivity contribution in [1.29, 1.82) is 5.26 Å². The zero-order valence-electron chi connectivity index (χ0n) is 7.26. The van der Waals surface area contributed by atoms with Gasteiger partial charge in [0.25, 0.3) is 0 Å². The summed E-state index contributed by atoms with van der Waals surface area (Å²) in [5.74, 6) is -0.154. The largest absolute Gasteiger partial charge is 0.294 e. The highest BCUT2D eigenvalue weighted by Crippen LogP contribution is 2.26. The van der Waals surface area contributed by atoms with Crippen molar-refractivity contribution in [2.45, 2.75) is 12.8 Å². The number of ketones is 1. The highest BCUT2D eigenvalue weighted by atomic mass is 35.5. The van der Waals surface area contributed by atoms with Gasteiger partial charge in [-0.2, -0.15) is 5.26 Å². The molecule has 0 aromatic heterocycles. The minimum atomic E-state index is -0.154. The van der Waals surface area contributed by atoms with E-state index < -0.39 is 0 Å². The second-order valence-corrected chi connectivity index (χ2v) is 3.47. The molecule has 0 fully saturated rings. The maximum atomic E-state index is 11.5. The number of nitriles is 1. The highest BCUT2D eigenvalue weighted by molar-refractivity contribution is 6.43. The Morgan fingerprint density at radius 2 is 2.14 bits per heavy atom. The Hall–Kier alpha value is -1.04. The standard InChI is InChI=1S/C10H7Cl2NO/c11-8-4-1-3-7(10(8)12)9(14)5-2-6-13/h1,3-4H,2,5H2. The second-order valence-electron chi connectivity index (χ2n) is 2.68. The van der Waals surface area contributed by atoms with Crippen LogP contribution in [0.25, 0.3) is 0 Å². The van der Waals surface area contributed by atoms with Crippen LogP contribution in [0.5, 0.6) is 0 Å². The van der Waals surface area contributed by atoms with E-state index in [-0.39, 0.29) is 23.6 Å². The predicted molar refractivity (Wildman–Crippen MR) is 55.6 cm³/mol. The number of carbonyl (C=O) groups excluding carboxylic acids is 1. The topological polar surface area (TPSA) is 40.9 Å². The minimum absolute atomic E-state index is 0.154. The van der Waals surface area contributed by atoms with Crippen LogP contribution in [-0.4, -0.2) is 5.78 Å². The van der Waals surface area contributed by atoms with Gasteiger partial charge in [-0.15, -0.1) is 0 Å². The molecule has 0 aliphatic rings. The van der Waals surface area contributed by atoms with Crippen LogP contribution in [-0.2, 0) is 0 Å². The summed E-state index contributed by atoms with van der Waals surface area (Å²) in [7, 11) is 0. The number of benzene rings is 1. The van der Waals surface area contributed by atoms with Gasteiger partial charge in [-0.1, -0.05) is 29.3 Å². The molecule has 0 aliphatic heterocycles. The molecule has 2 nitrogen and oxygen atoms in total. The lowest BCUT2D eigenvalue weighted by Crippen LogP contribution is -1.99. The van der Waals surface area contributed by atoms with Crippen LogP contribution >= 0.6 is 23.2 Å². The van der Waals surface area contributed by atoms with Gasteiger partial charge in [0.1, 0.15) is 0 Å². The third-order valence-electron chi connectivity index (χ3n) is 1.72. The second kappa shape index (κ2) is 4.99. The number of nitrogens with zero attached hydrogens (tertiary/aromatic N) is 1. The van der Waals surface area contributed by atoms with Crippen molar-refractivity contribution in [3.05, 3.63) is 33.8 Å². The van der Waals surface area contributed by atoms with Gasteiger partial charge in [-0.05, 0) is 12.1 Å². The fourth-order valence-corrected chi connectivity index (χ4v) is 1.43. The SMILES string of the molecule is N#CCCC(=O)c1cccc(Cl)c1Cl. The molecule has 0 unspecified atom stereocenters. The Morgan fingerprint density at radius 3 is 2.79 bits per heavy atom. The smallest absolute Gasteiger partial charge is 0.165 e. The van der Waals surface area contributed by atoms with Gasteiger partial charge in [0.05, 0.1) is 16.1 Å². The van der Waals surface area contributed by atoms with E-state index in [1.165, 1.54) is 0 Å². The maximum Gasteiger partial charge on any atom is 0.165 e. The van der Waals surface area contributed by atoms with Crippen molar-refractivity contribution < 1.29 is 4.79 Å². The molecule has 4 heteroatoms. The fraction of sp³-hybridized carbons (Fsp3) is 0.200. The molecular weight excluding hydrogens is 221 g/mol. The lowest BCUT2D eigenvalue weighted by atomic mass is 10.1. The van der Waals surface area contributed by atoms with E-state index in [1.807, 2.05) is 6.07 Å². The van der Waals surface area contributed by atoms with Crippen molar-refractivity contribution in [2.24, 2.45) is 0 Å². The normalized spacial score (nSPS) is 9.50. The molecule has 72 valence electrons. The first-order valence-electron chi connectivity index (χ1n) is 4.01. The Morgan fingerprint density at radius 1 is 1.43 bits per heavy atom. The summed E-state index contributed by atoms with van der Waals surface area (Å²) < 4.78 is 0. The minimum Gasteiger partial charge on any atom is -0.294 e. The first-order chi connectivity index (χ1) is 6.66. The van der Waals surface area contributed by atoms with Crippen LogP contribution in [0.15, 0.2) is 18.2 Å². The first kappa shape index (κ1) is 11.0. The van der Waals surface area contributed by atoms with Gasteiger partial charge < -0.3 is 0 Å². The Labute approximate surface area is 92.1 Å². The van der Waals surface area contributed by atoms with Gasteiger partial charge in [0.15, 0.2) is 5.78 Å². The van der Waals surface area contributed by atoms with E-state index in [1.54, 1.807) is 18.2 Å². The van der Waals surface area contributed by atoms with E-state index >= 15 is 0 Å². The summed E-state index contributed by atoms with van der Waals surface area (Å²) in [6.07, 6.45) is 0.373. The summed E-state index contributed by atoms with van der Waals surface area (Å²) in [6, 6.07) is 6.79. The molecule has 0 amide bonds. The number of hydrogen-bond donors (Lipinski definition) is 0. The van der Waals surface area contributed by atoms with E-state index in [0.717, 1.165) is 0 Å². The molecule has 14 heavy (non-hydrogen) atoms. The van der Waals surface area contributed by atoms with E-state index in [0.29, 0.717) is 10.6 Å². The number of halogens is 2. The van der Waals surface area contributed by atoms with Crippen molar-refractivity contribution in [3.63, 3.8) is 0 Å². The van der Waals surface area contributed by atoms with Crippen molar-refractivity contribution in [2.75, 3.05) is 0 Å². The maximum absolute atomic E-state index is 11.5. The van der Waals surface area contributed by atoms with E-state index in [9.17, 15) is 4.79 Å². The Bertz CT molecular complexity index is 396. The molecule has 0 spiro atoms. The Balaban J connectivity index is 2.91. The van der Waals surface area contributed by atoms with Crippen LogP contribution in [0.4, 0.5) is 0 Å². The quantitative estimate of drug-likeness (QED) is 0.743. The fourth-order valence-electron chi connectivity index (χ4n) is 1.02. The number of Topliss-reactive ketones (excluding diaryl/α,β-unsaturated/α-hetero) is 1. The predicted octanol–water partition coefficient (Wildman–Crippen LogP) is 3.48.